The largest absolute Gasteiger partial charge is 0.481 e. The first kappa shape index (κ1) is 16.2. The summed E-state index contributed by atoms with van der Waals surface area (Å²) in [4.78, 5) is 22.9. The van der Waals surface area contributed by atoms with Gasteiger partial charge in [-0.25, -0.2) is 0 Å². The quantitative estimate of drug-likeness (QED) is 0.812. The Labute approximate surface area is 119 Å². The Morgan fingerprint density at radius 1 is 1.20 bits per heavy atom. The van der Waals surface area contributed by atoms with Crippen molar-refractivity contribution in [1.29, 1.82) is 0 Å². The van der Waals surface area contributed by atoms with Gasteiger partial charge in [0.2, 0.25) is 0 Å². The number of carbonyl (C=O) groups is 2. The topological polar surface area (TPSA) is 63.6 Å². The Kier molecular flexibility index (Phi) is 5.74. The molecule has 0 aliphatic heterocycles. The number of benzene rings is 1. The predicted molar refractivity (Wildman–Crippen MR) is 76.4 cm³/mol. The third-order valence-electron chi connectivity index (χ3n) is 2.81. The van der Waals surface area contributed by atoms with Gasteiger partial charge in [0.15, 0.2) is 0 Å². The van der Waals surface area contributed by atoms with Gasteiger partial charge in [-0.1, -0.05) is 30.3 Å². The fourth-order valence-corrected chi connectivity index (χ4v) is 1.88. The van der Waals surface area contributed by atoms with Crippen LogP contribution in [0.2, 0.25) is 0 Å². The lowest BCUT2D eigenvalue weighted by molar-refractivity contribution is -0.159. The zero-order chi connectivity index (χ0) is 15.2. The average Bonchev–Trinajstić information content (AvgIpc) is 2.33. The van der Waals surface area contributed by atoms with Crippen LogP contribution in [0.4, 0.5) is 0 Å². The summed E-state index contributed by atoms with van der Waals surface area (Å²) in [6, 6.07) is 9.65. The molecule has 0 saturated carbocycles. The van der Waals surface area contributed by atoms with E-state index in [2.05, 4.69) is 0 Å². The molecule has 4 heteroatoms. The van der Waals surface area contributed by atoms with E-state index in [1.807, 2.05) is 30.3 Å². The Bertz CT molecular complexity index is 445. The summed E-state index contributed by atoms with van der Waals surface area (Å²) in [6.45, 7) is 5.31. The molecule has 1 aromatic rings. The molecule has 0 radical (unpaired) electrons. The van der Waals surface area contributed by atoms with Crippen molar-refractivity contribution in [2.24, 2.45) is 5.92 Å². The molecule has 1 rings (SSSR count). The van der Waals surface area contributed by atoms with Gasteiger partial charge in [-0.15, -0.1) is 0 Å². The smallest absolute Gasteiger partial charge is 0.307 e. The Morgan fingerprint density at radius 2 is 1.80 bits per heavy atom. The van der Waals surface area contributed by atoms with Crippen molar-refractivity contribution in [3.63, 3.8) is 0 Å². The van der Waals surface area contributed by atoms with Crippen molar-refractivity contribution < 1.29 is 19.4 Å². The lowest BCUT2D eigenvalue weighted by atomic mass is 9.96. The van der Waals surface area contributed by atoms with Crippen LogP contribution in [-0.4, -0.2) is 22.6 Å². The van der Waals surface area contributed by atoms with Crippen LogP contribution in [0.5, 0.6) is 0 Å². The van der Waals surface area contributed by atoms with E-state index in [9.17, 15) is 14.7 Å². The van der Waals surface area contributed by atoms with Crippen LogP contribution in [0.1, 0.15) is 39.2 Å². The number of carbonyl (C=O) groups excluding carboxylic acids is 1. The van der Waals surface area contributed by atoms with Crippen LogP contribution in [-0.2, 0) is 20.7 Å². The van der Waals surface area contributed by atoms with E-state index < -0.39 is 23.5 Å². The van der Waals surface area contributed by atoms with Gasteiger partial charge in [0.05, 0.1) is 12.3 Å². The van der Waals surface area contributed by atoms with E-state index in [0.717, 1.165) is 5.56 Å². The van der Waals surface area contributed by atoms with Crippen LogP contribution in [0, 0.1) is 5.92 Å². The number of ether oxygens (including phenoxy) is 1. The average molecular weight is 278 g/mol. The molecule has 0 amide bonds. The van der Waals surface area contributed by atoms with Gasteiger partial charge in [-0.3, -0.25) is 9.59 Å². The maximum Gasteiger partial charge on any atom is 0.307 e. The van der Waals surface area contributed by atoms with Gasteiger partial charge < -0.3 is 9.84 Å². The molecule has 0 aliphatic carbocycles. The van der Waals surface area contributed by atoms with Crippen molar-refractivity contribution >= 4 is 11.9 Å². The molecule has 0 aliphatic rings. The minimum Gasteiger partial charge on any atom is -0.481 e. The first-order chi connectivity index (χ1) is 9.28. The summed E-state index contributed by atoms with van der Waals surface area (Å²) in [6.07, 6.45) is 0.985. The highest BCUT2D eigenvalue weighted by molar-refractivity contribution is 5.78. The van der Waals surface area contributed by atoms with Gasteiger partial charge in [-0.2, -0.15) is 0 Å². The summed E-state index contributed by atoms with van der Waals surface area (Å²) in [5, 5.41) is 9.19. The zero-order valence-corrected chi connectivity index (χ0v) is 12.3. The molecule has 0 spiro atoms. The maximum absolute atomic E-state index is 11.7. The van der Waals surface area contributed by atoms with Crippen molar-refractivity contribution in [2.75, 3.05) is 0 Å². The molecule has 1 aromatic carbocycles. The van der Waals surface area contributed by atoms with Gasteiger partial charge in [0.25, 0.3) is 0 Å². The molecular formula is C16H22O4. The highest BCUT2D eigenvalue weighted by Crippen LogP contribution is 2.17. The molecule has 0 bridgehead atoms. The predicted octanol–water partition coefficient (Wildman–Crippen LogP) is 3.05. The lowest BCUT2D eigenvalue weighted by Crippen LogP contribution is -2.27. The van der Waals surface area contributed by atoms with Crippen molar-refractivity contribution in [2.45, 2.75) is 45.6 Å². The number of carboxylic acids is 1. The number of aliphatic carboxylic acids is 1. The molecule has 110 valence electrons. The second kappa shape index (κ2) is 7.08. The molecule has 4 nitrogen and oxygen atoms in total. The number of esters is 1. The molecule has 0 fully saturated rings. The Hall–Kier alpha value is -1.84. The fraction of sp³-hybridized carbons (Fsp3) is 0.500. The highest BCUT2D eigenvalue weighted by atomic mass is 16.6. The third kappa shape index (κ3) is 6.36. The zero-order valence-electron chi connectivity index (χ0n) is 12.3. The maximum atomic E-state index is 11.7. The van der Waals surface area contributed by atoms with Crippen molar-refractivity contribution in [3.05, 3.63) is 35.9 Å². The molecule has 0 aromatic heterocycles. The van der Waals surface area contributed by atoms with Crippen molar-refractivity contribution in [3.8, 4) is 0 Å². The molecule has 1 atom stereocenters. The van der Waals surface area contributed by atoms with E-state index in [0.29, 0.717) is 12.8 Å². The molecule has 20 heavy (non-hydrogen) atoms. The summed E-state index contributed by atoms with van der Waals surface area (Å²) in [5.41, 5.74) is 0.488. The fourth-order valence-electron chi connectivity index (χ4n) is 1.88. The van der Waals surface area contributed by atoms with Crippen molar-refractivity contribution in [1.82, 2.24) is 0 Å². The number of hydrogen-bond acceptors (Lipinski definition) is 3. The number of aryl methyl sites for hydroxylation is 1. The number of hydrogen-bond donors (Lipinski definition) is 1. The summed E-state index contributed by atoms with van der Waals surface area (Å²) in [7, 11) is 0. The highest BCUT2D eigenvalue weighted by Gasteiger charge is 2.24. The first-order valence-corrected chi connectivity index (χ1v) is 6.76. The van der Waals surface area contributed by atoms with Gasteiger partial charge in [0, 0.05) is 0 Å². The Morgan fingerprint density at radius 3 is 2.30 bits per heavy atom. The van der Waals surface area contributed by atoms with Crippen LogP contribution in [0.3, 0.4) is 0 Å². The second-order valence-electron chi connectivity index (χ2n) is 5.85. The summed E-state index contributed by atoms with van der Waals surface area (Å²) in [5.74, 6) is -2.12. The van der Waals surface area contributed by atoms with Gasteiger partial charge in [0.1, 0.15) is 5.60 Å². The van der Waals surface area contributed by atoms with Gasteiger partial charge in [-0.05, 0) is 39.2 Å². The minimum atomic E-state index is -0.952. The molecule has 0 saturated heterocycles. The number of rotatable bonds is 6. The number of carboxylic acid groups (broad SMARTS) is 1. The summed E-state index contributed by atoms with van der Waals surface area (Å²) >= 11 is 0. The SMILES string of the molecule is CC(C)(C)OC(=O)C[C@@H](CCc1ccccc1)C(=O)O. The summed E-state index contributed by atoms with van der Waals surface area (Å²) < 4.78 is 5.17. The third-order valence-corrected chi connectivity index (χ3v) is 2.81. The van der Waals surface area contributed by atoms with Gasteiger partial charge >= 0.3 is 11.9 Å². The van der Waals surface area contributed by atoms with Crippen LogP contribution in [0.15, 0.2) is 30.3 Å². The van der Waals surface area contributed by atoms with E-state index in [4.69, 9.17) is 4.74 Å². The second-order valence-corrected chi connectivity index (χ2v) is 5.85. The molecular weight excluding hydrogens is 256 g/mol. The van der Waals surface area contributed by atoms with E-state index in [-0.39, 0.29) is 6.42 Å². The van der Waals surface area contributed by atoms with Crippen LogP contribution < -0.4 is 0 Å². The van der Waals surface area contributed by atoms with E-state index in [1.54, 1.807) is 20.8 Å². The molecule has 0 heterocycles. The standard InChI is InChI=1S/C16H22O4/c1-16(2,3)20-14(17)11-13(15(18)19)10-9-12-7-5-4-6-8-12/h4-8,13H,9-11H2,1-3H3,(H,18,19)/t13-/m1/s1. The minimum absolute atomic E-state index is 0.0839. The molecule has 1 N–H and O–H groups in total. The Balaban J connectivity index is 2.53. The van der Waals surface area contributed by atoms with Crippen LogP contribution >= 0.6 is 0 Å². The normalized spacial score (nSPS) is 12.8. The molecule has 0 unspecified atom stereocenters. The lowest BCUT2D eigenvalue weighted by Gasteiger charge is -2.21. The van der Waals surface area contributed by atoms with E-state index >= 15 is 0 Å². The first-order valence-electron chi connectivity index (χ1n) is 6.76. The monoisotopic (exact) mass is 278 g/mol. The van der Waals surface area contributed by atoms with Crippen LogP contribution in [0.25, 0.3) is 0 Å². The van der Waals surface area contributed by atoms with E-state index in [1.165, 1.54) is 0 Å².